The molecular weight excluding hydrogens is 262 g/mol. The van der Waals surface area contributed by atoms with E-state index in [1.807, 2.05) is 13.8 Å². The maximum atomic E-state index is 11.3. The number of carbonyl (C=O) groups excluding carboxylic acids is 1. The number of nitro groups is 1. The number of hydrogen-bond donors (Lipinski definition) is 2. The minimum absolute atomic E-state index is 0.0529. The largest absolute Gasteiger partial charge is 0.481 e. The Morgan fingerprint density at radius 3 is 2.95 bits per heavy atom. The van der Waals surface area contributed by atoms with Crippen LogP contribution in [0.25, 0.3) is 0 Å². The van der Waals surface area contributed by atoms with E-state index in [9.17, 15) is 14.9 Å². The van der Waals surface area contributed by atoms with Crippen LogP contribution < -0.4 is 15.4 Å². The fourth-order valence-corrected chi connectivity index (χ4v) is 2.15. The van der Waals surface area contributed by atoms with E-state index in [0.29, 0.717) is 17.1 Å². The number of hydrogen-bond acceptors (Lipinski definition) is 5. The molecule has 108 valence electrons. The van der Waals surface area contributed by atoms with Gasteiger partial charge in [0.15, 0.2) is 12.4 Å². The number of fused-ring (bicyclic) bond motifs is 1. The van der Waals surface area contributed by atoms with Crippen LogP contribution in [-0.2, 0) is 4.79 Å². The van der Waals surface area contributed by atoms with Gasteiger partial charge >= 0.3 is 0 Å². The first kappa shape index (κ1) is 14.1. The highest BCUT2D eigenvalue weighted by Crippen LogP contribution is 2.38. The third-order valence-electron chi connectivity index (χ3n) is 3.05. The van der Waals surface area contributed by atoms with E-state index in [1.54, 1.807) is 6.07 Å². The first-order chi connectivity index (χ1) is 9.51. The summed E-state index contributed by atoms with van der Waals surface area (Å²) < 4.78 is 5.19. The molecule has 1 aliphatic rings. The summed E-state index contributed by atoms with van der Waals surface area (Å²) in [5.74, 6) is 0.0592. The molecule has 0 aromatic heterocycles. The first-order valence-electron chi connectivity index (χ1n) is 6.53. The van der Waals surface area contributed by atoms with Crippen molar-refractivity contribution in [3.63, 3.8) is 0 Å². The topological polar surface area (TPSA) is 93.5 Å². The molecule has 20 heavy (non-hydrogen) atoms. The number of ether oxygens (including phenoxy) is 1. The Bertz CT molecular complexity index is 545. The summed E-state index contributed by atoms with van der Waals surface area (Å²) in [6.45, 7) is 3.89. The Hall–Kier alpha value is -2.31. The molecule has 1 aromatic carbocycles. The molecule has 2 rings (SSSR count). The summed E-state index contributed by atoms with van der Waals surface area (Å²) in [6.07, 6.45) is 1.88. The first-order valence-corrected chi connectivity index (χ1v) is 6.53. The van der Waals surface area contributed by atoms with Gasteiger partial charge in [-0.25, -0.2) is 0 Å². The number of nitrogens with one attached hydrogen (secondary N) is 2. The quantitative estimate of drug-likeness (QED) is 0.638. The molecule has 1 heterocycles. The molecule has 0 bridgehead atoms. The number of carbonyl (C=O) groups is 1. The second-order valence-corrected chi connectivity index (χ2v) is 4.79. The second kappa shape index (κ2) is 5.77. The van der Waals surface area contributed by atoms with Crippen LogP contribution in [0.4, 0.5) is 17.1 Å². The van der Waals surface area contributed by atoms with Gasteiger partial charge in [-0.05, 0) is 19.4 Å². The van der Waals surface area contributed by atoms with Crippen molar-refractivity contribution in [1.82, 2.24) is 0 Å². The van der Waals surface area contributed by atoms with Gasteiger partial charge in [-0.15, -0.1) is 0 Å². The van der Waals surface area contributed by atoms with E-state index >= 15 is 0 Å². The Labute approximate surface area is 116 Å². The highest BCUT2D eigenvalue weighted by Gasteiger charge is 2.24. The van der Waals surface area contributed by atoms with E-state index in [0.717, 1.165) is 12.8 Å². The van der Waals surface area contributed by atoms with Crippen molar-refractivity contribution in [2.75, 3.05) is 17.2 Å². The zero-order chi connectivity index (χ0) is 14.7. The Morgan fingerprint density at radius 2 is 2.30 bits per heavy atom. The highest BCUT2D eigenvalue weighted by molar-refractivity contribution is 5.96. The lowest BCUT2D eigenvalue weighted by Gasteiger charge is -2.20. The van der Waals surface area contributed by atoms with E-state index in [1.165, 1.54) is 6.07 Å². The highest BCUT2D eigenvalue weighted by atomic mass is 16.6. The van der Waals surface area contributed by atoms with Crippen LogP contribution in [0.3, 0.4) is 0 Å². The van der Waals surface area contributed by atoms with Gasteiger partial charge < -0.3 is 15.4 Å². The van der Waals surface area contributed by atoms with Crippen LogP contribution in [-0.4, -0.2) is 23.5 Å². The molecule has 1 unspecified atom stereocenters. The second-order valence-electron chi connectivity index (χ2n) is 4.79. The molecule has 1 aromatic rings. The molecule has 0 fully saturated rings. The minimum atomic E-state index is -0.457. The molecule has 7 nitrogen and oxygen atoms in total. The smallest absolute Gasteiger partial charge is 0.296 e. The van der Waals surface area contributed by atoms with E-state index in [2.05, 4.69) is 10.6 Å². The summed E-state index contributed by atoms with van der Waals surface area (Å²) in [7, 11) is 0. The molecule has 2 N–H and O–H groups in total. The van der Waals surface area contributed by atoms with Gasteiger partial charge in [0.1, 0.15) is 5.69 Å². The van der Waals surface area contributed by atoms with Gasteiger partial charge in [0.25, 0.3) is 11.6 Å². The lowest BCUT2D eigenvalue weighted by Crippen LogP contribution is -2.26. The number of anilines is 2. The van der Waals surface area contributed by atoms with Crippen molar-refractivity contribution < 1.29 is 14.5 Å². The molecule has 0 radical (unpaired) electrons. The third kappa shape index (κ3) is 2.98. The number of nitro benzene ring substituents is 1. The van der Waals surface area contributed by atoms with Gasteiger partial charge in [0.2, 0.25) is 0 Å². The summed E-state index contributed by atoms with van der Waals surface area (Å²) in [5, 5.41) is 16.9. The average Bonchev–Trinajstić information content (AvgIpc) is 2.37. The fourth-order valence-electron chi connectivity index (χ4n) is 2.15. The van der Waals surface area contributed by atoms with Gasteiger partial charge in [-0.2, -0.15) is 0 Å². The molecule has 0 saturated carbocycles. The van der Waals surface area contributed by atoms with Crippen molar-refractivity contribution in [3.05, 3.63) is 22.2 Å². The van der Waals surface area contributed by atoms with Crippen LogP contribution in [0, 0.1) is 10.1 Å². The molecule has 0 spiro atoms. The predicted molar refractivity (Wildman–Crippen MR) is 75.2 cm³/mol. The van der Waals surface area contributed by atoms with Crippen molar-refractivity contribution in [1.29, 1.82) is 0 Å². The molecular formula is C13H17N3O4. The van der Waals surface area contributed by atoms with Crippen LogP contribution >= 0.6 is 0 Å². The van der Waals surface area contributed by atoms with Crippen LogP contribution in [0.2, 0.25) is 0 Å². The normalized spacial score (nSPS) is 14.8. The maximum absolute atomic E-state index is 11.3. The molecule has 0 aliphatic carbocycles. The van der Waals surface area contributed by atoms with E-state index in [4.69, 9.17) is 4.74 Å². The monoisotopic (exact) mass is 279 g/mol. The van der Waals surface area contributed by atoms with Crippen LogP contribution in [0.1, 0.15) is 26.7 Å². The lowest BCUT2D eigenvalue weighted by atomic mass is 10.1. The van der Waals surface area contributed by atoms with Gasteiger partial charge in [-0.3, -0.25) is 14.9 Å². The third-order valence-corrected chi connectivity index (χ3v) is 3.05. The SMILES string of the molecule is CCCC(C)Nc1cc2c(cc1[N+](=O)[O-])OCC(=O)N2. The standard InChI is InChI=1S/C13H17N3O4/c1-3-4-8(2)14-9-5-10-12(6-11(9)16(18)19)20-7-13(17)15-10/h5-6,8,14H,3-4,7H2,1-2H3,(H,15,17). The fraction of sp³-hybridized carbons (Fsp3) is 0.462. The zero-order valence-electron chi connectivity index (χ0n) is 11.4. The minimum Gasteiger partial charge on any atom is -0.481 e. The Balaban J connectivity index is 2.35. The number of benzene rings is 1. The van der Waals surface area contributed by atoms with Gasteiger partial charge in [0.05, 0.1) is 16.7 Å². The molecule has 0 saturated heterocycles. The van der Waals surface area contributed by atoms with Crippen molar-refractivity contribution in [2.45, 2.75) is 32.7 Å². The predicted octanol–water partition coefficient (Wildman–Crippen LogP) is 2.53. The molecule has 1 atom stereocenters. The number of rotatable bonds is 5. The molecule has 1 amide bonds. The average molecular weight is 279 g/mol. The van der Waals surface area contributed by atoms with Gasteiger partial charge in [0, 0.05) is 6.04 Å². The summed E-state index contributed by atoms with van der Waals surface area (Å²) in [6, 6.07) is 3.00. The van der Waals surface area contributed by atoms with Crippen molar-refractivity contribution >= 4 is 23.0 Å². The summed E-state index contributed by atoms with van der Waals surface area (Å²) in [4.78, 5) is 22.0. The van der Waals surface area contributed by atoms with Crippen molar-refractivity contribution in [2.24, 2.45) is 0 Å². The van der Waals surface area contributed by atoms with E-state index in [-0.39, 0.29) is 24.2 Å². The van der Waals surface area contributed by atoms with Crippen LogP contribution in [0.5, 0.6) is 5.75 Å². The van der Waals surface area contributed by atoms with Crippen molar-refractivity contribution in [3.8, 4) is 5.75 Å². The number of amides is 1. The Morgan fingerprint density at radius 1 is 1.55 bits per heavy atom. The molecule has 1 aliphatic heterocycles. The van der Waals surface area contributed by atoms with Gasteiger partial charge in [-0.1, -0.05) is 13.3 Å². The lowest BCUT2D eigenvalue weighted by molar-refractivity contribution is -0.384. The molecule has 7 heteroatoms. The zero-order valence-corrected chi connectivity index (χ0v) is 11.4. The maximum Gasteiger partial charge on any atom is 0.296 e. The van der Waals surface area contributed by atoms with E-state index < -0.39 is 4.92 Å². The summed E-state index contributed by atoms with van der Waals surface area (Å²) in [5.41, 5.74) is 0.793. The summed E-state index contributed by atoms with van der Waals surface area (Å²) >= 11 is 0. The Kier molecular flexibility index (Phi) is 4.07. The van der Waals surface area contributed by atoms with Crippen LogP contribution in [0.15, 0.2) is 12.1 Å². The number of nitrogens with zero attached hydrogens (tertiary/aromatic N) is 1.